The topological polar surface area (TPSA) is 33.4 Å². The van der Waals surface area contributed by atoms with Crippen molar-refractivity contribution in [1.82, 2.24) is 0 Å². The number of furan rings is 1. The maximum Gasteiger partial charge on any atom is 0.132 e. The smallest absolute Gasteiger partial charge is 0.132 e. The van der Waals surface area contributed by atoms with Crippen molar-refractivity contribution in [2.45, 2.75) is 57.5 Å². The van der Waals surface area contributed by atoms with E-state index >= 15 is 0 Å². The van der Waals surface area contributed by atoms with Crippen molar-refractivity contribution < 1.29 is 9.52 Å². The summed E-state index contributed by atoms with van der Waals surface area (Å²) in [7, 11) is 0. The van der Waals surface area contributed by atoms with Crippen LogP contribution in [0.3, 0.4) is 0 Å². The minimum absolute atomic E-state index is 0.377. The zero-order chi connectivity index (χ0) is 11.8. The molecule has 0 bridgehead atoms. The molecule has 3 atom stereocenters. The highest BCUT2D eigenvalue weighted by Gasteiger charge is 2.37. The molecule has 0 radical (unpaired) electrons. The number of aliphatic hydroxyl groups is 1. The summed E-state index contributed by atoms with van der Waals surface area (Å²) in [5, 5.41) is 10.3. The molecule has 2 nitrogen and oxygen atoms in total. The van der Waals surface area contributed by atoms with Gasteiger partial charge in [-0.1, -0.05) is 26.2 Å². The van der Waals surface area contributed by atoms with Gasteiger partial charge >= 0.3 is 0 Å². The van der Waals surface area contributed by atoms with Gasteiger partial charge in [-0.05, 0) is 43.2 Å². The van der Waals surface area contributed by atoms with Gasteiger partial charge in [0.05, 0.1) is 0 Å². The first-order valence-electron chi connectivity index (χ1n) is 7.03. The van der Waals surface area contributed by atoms with E-state index in [1.54, 1.807) is 0 Å². The van der Waals surface area contributed by atoms with Crippen molar-refractivity contribution in [3.63, 3.8) is 0 Å². The van der Waals surface area contributed by atoms with Gasteiger partial charge in [0.1, 0.15) is 17.6 Å². The number of hydrogen-bond donors (Lipinski definition) is 1. The Morgan fingerprint density at radius 3 is 2.59 bits per heavy atom. The van der Waals surface area contributed by atoms with Crippen molar-refractivity contribution in [2.75, 3.05) is 0 Å². The van der Waals surface area contributed by atoms with Gasteiger partial charge < -0.3 is 9.52 Å². The Balaban J connectivity index is 1.68. The lowest BCUT2D eigenvalue weighted by molar-refractivity contribution is 0.0643. The van der Waals surface area contributed by atoms with Crippen LogP contribution in [0.5, 0.6) is 0 Å². The SMILES string of the molecule is CC1CC1c1ccc(C(O)C2CCCCC2)o1. The van der Waals surface area contributed by atoms with E-state index in [2.05, 4.69) is 13.0 Å². The summed E-state index contributed by atoms with van der Waals surface area (Å²) < 4.78 is 5.84. The van der Waals surface area contributed by atoms with Gasteiger partial charge in [0.15, 0.2) is 0 Å². The molecular formula is C15H22O2. The molecule has 2 aliphatic carbocycles. The predicted molar refractivity (Wildman–Crippen MR) is 66.8 cm³/mol. The summed E-state index contributed by atoms with van der Waals surface area (Å²) in [5.41, 5.74) is 0. The second-order valence-electron chi connectivity index (χ2n) is 5.90. The summed E-state index contributed by atoms with van der Waals surface area (Å²) in [4.78, 5) is 0. The van der Waals surface area contributed by atoms with Crippen LogP contribution in [0, 0.1) is 11.8 Å². The van der Waals surface area contributed by atoms with Gasteiger partial charge in [-0.25, -0.2) is 0 Å². The number of hydrogen-bond acceptors (Lipinski definition) is 2. The molecule has 0 saturated heterocycles. The fraction of sp³-hybridized carbons (Fsp3) is 0.733. The molecule has 2 heteroatoms. The molecule has 94 valence electrons. The molecule has 1 aromatic rings. The zero-order valence-electron chi connectivity index (χ0n) is 10.6. The van der Waals surface area contributed by atoms with Crippen molar-refractivity contribution in [3.8, 4) is 0 Å². The zero-order valence-corrected chi connectivity index (χ0v) is 10.6. The summed E-state index contributed by atoms with van der Waals surface area (Å²) >= 11 is 0. The first kappa shape index (κ1) is 11.3. The molecule has 0 spiro atoms. The summed E-state index contributed by atoms with van der Waals surface area (Å²) in [5.74, 6) is 3.68. The molecule has 2 saturated carbocycles. The molecule has 0 amide bonds. The van der Waals surface area contributed by atoms with Crippen LogP contribution in [0.4, 0.5) is 0 Å². The van der Waals surface area contributed by atoms with E-state index in [0.29, 0.717) is 11.8 Å². The van der Waals surface area contributed by atoms with Gasteiger partial charge in [0, 0.05) is 5.92 Å². The molecule has 1 heterocycles. The van der Waals surface area contributed by atoms with Gasteiger partial charge in [-0.15, -0.1) is 0 Å². The van der Waals surface area contributed by atoms with E-state index in [1.165, 1.54) is 25.7 Å². The number of aliphatic hydroxyl groups excluding tert-OH is 1. The highest BCUT2D eigenvalue weighted by molar-refractivity contribution is 5.19. The average Bonchev–Trinajstić information content (AvgIpc) is 2.92. The van der Waals surface area contributed by atoms with E-state index < -0.39 is 0 Å². The molecule has 0 aromatic carbocycles. The highest BCUT2D eigenvalue weighted by atomic mass is 16.4. The lowest BCUT2D eigenvalue weighted by atomic mass is 9.84. The van der Waals surface area contributed by atoms with E-state index in [9.17, 15) is 5.11 Å². The summed E-state index contributed by atoms with van der Waals surface area (Å²) in [6.45, 7) is 2.25. The fourth-order valence-corrected chi connectivity index (χ4v) is 3.13. The molecule has 2 aliphatic rings. The van der Waals surface area contributed by atoms with Crippen molar-refractivity contribution in [2.24, 2.45) is 11.8 Å². The van der Waals surface area contributed by atoms with Crippen LogP contribution in [0.2, 0.25) is 0 Å². The van der Waals surface area contributed by atoms with Crippen LogP contribution in [0.15, 0.2) is 16.5 Å². The Morgan fingerprint density at radius 1 is 1.24 bits per heavy atom. The normalized spacial score (nSPS) is 31.4. The maximum absolute atomic E-state index is 10.3. The van der Waals surface area contributed by atoms with Crippen molar-refractivity contribution in [3.05, 3.63) is 23.7 Å². The Bertz CT molecular complexity index is 376. The van der Waals surface area contributed by atoms with Gasteiger partial charge in [-0.2, -0.15) is 0 Å². The summed E-state index contributed by atoms with van der Waals surface area (Å²) in [6, 6.07) is 4.05. The third-order valence-electron chi connectivity index (χ3n) is 4.51. The van der Waals surface area contributed by atoms with Crippen LogP contribution >= 0.6 is 0 Å². The third kappa shape index (κ3) is 2.28. The van der Waals surface area contributed by atoms with Crippen LogP contribution in [0.25, 0.3) is 0 Å². The highest BCUT2D eigenvalue weighted by Crippen LogP contribution is 2.48. The van der Waals surface area contributed by atoms with Gasteiger partial charge in [0.25, 0.3) is 0 Å². The molecule has 1 N–H and O–H groups in total. The largest absolute Gasteiger partial charge is 0.463 e. The summed E-state index contributed by atoms with van der Waals surface area (Å²) in [6.07, 6.45) is 7.01. The Morgan fingerprint density at radius 2 is 1.94 bits per heavy atom. The number of rotatable bonds is 3. The quantitative estimate of drug-likeness (QED) is 0.857. The lowest BCUT2D eigenvalue weighted by Gasteiger charge is -2.25. The van der Waals surface area contributed by atoms with E-state index in [0.717, 1.165) is 30.3 Å². The van der Waals surface area contributed by atoms with Gasteiger partial charge in [-0.3, -0.25) is 0 Å². The first-order chi connectivity index (χ1) is 8.25. The first-order valence-corrected chi connectivity index (χ1v) is 7.03. The van der Waals surface area contributed by atoms with Crippen LogP contribution < -0.4 is 0 Å². The van der Waals surface area contributed by atoms with Gasteiger partial charge in [0.2, 0.25) is 0 Å². The third-order valence-corrected chi connectivity index (χ3v) is 4.51. The maximum atomic E-state index is 10.3. The molecule has 3 rings (SSSR count). The lowest BCUT2D eigenvalue weighted by Crippen LogP contribution is -2.15. The molecule has 3 unspecified atom stereocenters. The van der Waals surface area contributed by atoms with Crippen LogP contribution in [-0.4, -0.2) is 5.11 Å². The second kappa shape index (κ2) is 4.49. The molecule has 2 fully saturated rings. The Hall–Kier alpha value is -0.760. The predicted octanol–water partition coefficient (Wildman–Crippen LogP) is 4.02. The minimum Gasteiger partial charge on any atom is -0.463 e. The van der Waals surface area contributed by atoms with Crippen molar-refractivity contribution >= 4 is 0 Å². The molecular weight excluding hydrogens is 212 g/mol. The monoisotopic (exact) mass is 234 g/mol. The van der Waals surface area contributed by atoms with Crippen molar-refractivity contribution in [1.29, 1.82) is 0 Å². The Kier molecular flexibility index (Phi) is 2.99. The van der Waals surface area contributed by atoms with Crippen LogP contribution in [-0.2, 0) is 0 Å². The van der Waals surface area contributed by atoms with E-state index in [1.807, 2.05) is 6.07 Å². The minimum atomic E-state index is -0.377. The van der Waals surface area contributed by atoms with E-state index in [4.69, 9.17) is 4.42 Å². The molecule has 0 aliphatic heterocycles. The standard InChI is InChI=1S/C15H22O2/c1-10-9-12(10)13-7-8-14(17-13)15(16)11-5-3-2-4-6-11/h7-8,10-12,15-16H,2-6,9H2,1H3. The molecule has 17 heavy (non-hydrogen) atoms. The second-order valence-corrected chi connectivity index (χ2v) is 5.90. The average molecular weight is 234 g/mol. The van der Waals surface area contributed by atoms with E-state index in [-0.39, 0.29) is 6.10 Å². The van der Waals surface area contributed by atoms with Crippen LogP contribution in [0.1, 0.15) is 69.0 Å². The molecule has 1 aromatic heterocycles. The Labute approximate surface area is 103 Å². The fourth-order valence-electron chi connectivity index (χ4n) is 3.13.